The molecule has 4 aliphatic rings. The molecule has 1 aromatic carbocycles. The standard InChI is InChI=1S/2C9H11.C7H6.CH3.2ClH.Hf/c2*1-2-5-9-7-3-6-8(9)4-1;1-7-5-3-2-4-6-7;;;;/h2*3,6-7H,1-2,4-5H2;1-6H;1H3;2*1H;. The molecule has 1 aromatic rings. The second kappa shape index (κ2) is 9.75. The predicted octanol–water partition coefficient (Wildman–Crippen LogP) is 8.34. The molecule has 3 heteroatoms. The summed E-state index contributed by atoms with van der Waals surface area (Å²) in [6.07, 6.45) is 21.3. The van der Waals surface area contributed by atoms with E-state index in [9.17, 15) is 0 Å². The summed E-state index contributed by atoms with van der Waals surface area (Å²) in [5.41, 5.74) is 8.57. The van der Waals surface area contributed by atoms with Crippen molar-refractivity contribution in [2.24, 2.45) is 0 Å². The van der Waals surface area contributed by atoms with Crippen LogP contribution in [0.25, 0.3) is 0 Å². The summed E-state index contributed by atoms with van der Waals surface area (Å²) in [5, 5.41) is 0. The van der Waals surface area contributed by atoms with E-state index in [2.05, 4.69) is 63.1 Å². The first kappa shape index (κ1) is 23.2. The molecule has 0 aromatic heterocycles. The van der Waals surface area contributed by atoms with Gasteiger partial charge in [0.05, 0.1) is 0 Å². The molecule has 0 aliphatic heterocycles. The summed E-state index contributed by atoms with van der Waals surface area (Å²) in [7, 11) is 0. The summed E-state index contributed by atoms with van der Waals surface area (Å²) >= 11 is -2.88. The molecule has 0 radical (unpaired) electrons. The van der Waals surface area contributed by atoms with Crippen LogP contribution in [0.4, 0.5) is 0 Å². The van der Waals surface area contributed by atoms with Crippen molar-refractivity contribution in [2.45, 2.75) is 63.4 Å². The fourth-order valence-corrected chi connectivity index (χ4v) is 23.5. The average Bonchev–Trinajstić information content (AvgIpc) is 3.34. The number of halogens is 2. The van der Waals surface area contributed by atoms with E-state index in [0.29, 0.717) is 0 Å². The first-order valence-corrected chi connectivity index (χ1v) is 20.8. The first-order valence-electron chi connectivity index (χ1n) is 11.0. The van der Waals surface area contributed by atoms with Crippen molar-refractivity contribution in [3.63, 3.8) is 0 Å². The van der Waals surface area contributed by atoms with E-state index in [-0.39, 0.29) is 24.8 Å². The van der Waals surface area contributed by atoms with Crippen LogP contribution >= 0.6 is 24.8 Å². The van der Waals surface area contributed by atoms with Gasteiger partial charge in [-0.2, -0.15) is 0 Å². The molecule has 155 valence electrons. The van der Waals surface area contributed by atoms with Crippen LogP contribution in [0.2, 0.25) is 12.0 Å². The van der Waals surface area contributed by atoms with E-state index in [1.807, 2.05) is 11.1 Å². The van der Waals surface area contributed by atoms with E-state index in [0.717, 1.165) is 7.35 Å². The maximum absolute atomic E-state index is 2.88. The molecule has 0 saturated carbocycles. The van der Waals surface area contributed by atoms with Crippen LogP contribution in [0.5, 0.6) is 0 Å². The van der Waals surface area contributed by atoms with Crippen molar-refractivity contribution in [3.05, 3.63) is 82.5 Å². The Balaban J connectivity index is 0.00000120. The van der Waals surface area contributed by atoms with Gasteiger partial charge in [0.25, 0.3) is 0 Å². The molecule has 4 aliphatic carbocycles. The van der Waals surface area contributed by atoms with Crippen LogP contribution in [-0.2, 0) is 19.5 Å². The molecule has 0 bridgehead atoms. The average molecular weight is 595 g/mol. The van der Waals surface area contributed by atoms with Crippen molar-refractivity contribution in [1.82, 2.24) is 0 Å². The molecule has 2 unspecified atom stereocenters. The Morgan fingerprint density at radius 2 is 1.21 bits per heavy atom. The quantitative estimate of drug-likeness (QED) is 0.309. The molecule has 0 N–H and O–H groups in total. The summed E-state index contributed by atoms with van der Waals surface area (Å²) in [6, 6.07) is 11.3. The summed E-state index contributed by atoms with van der Waals surface area (Å²) in [6.45, 7) is 0. The molecule has 0 nitrogen and oxygen atoms in total. The Labute approximate surface area is 192 Å². The summed E-state index contributed by atoms with van der Waals surface area (Å²) < 4.78 is 7.14. The van der Waals surface area contributed by atoms with E-state index >= 15 is 0 Å². The van der Waals surface area contributed by atoms with Gasteiger partial charge in [-0.15, -0.1) is 24.8 Å². The topological polar surface area (TPSA) is 0 Å². The van der Waals surface area contributed by atoms with Crippen LogP contribution in [0.3, 0.4) is 0 Å². The zero-order valence-corrected chi connectivity index (χ0v) is 22.6. The van der Waals surface area contributed by atoms with Crippen molar-refractivity contribution in [2.75, 3.05) is 0 Å². The Kier molecular flexibility index (Phi) is 7.79. The third-order valence-corrected chi connectivity index (χ3v) is 24.4. The molecule has 2 atom stereocenters. The maximum atomic E-state index is 2.83. The van der Waals surface area contributed by atoms with Gasteiger partial charge in [-0.3, -0.25) is 0 Å². The Hall–Kier alpha value is -0.500. The van der Waals surface area contributed by atoms with Gasteiger partial charge < -0.3 is 0 Å². The van der Waals surface area contributed by atoms with Crippen molar-refractivity contribution in [3.8, 4) is 0 Å². The minimum absolute atomic E-state index is 0. The monoisotopic (exact) mass is 595 g/mol. The van der Waals surface area contributed by atoms with Gasteiger partial charge in [-0.25, -0.2) is 0 Å². The molecular weight excluding hydrogens is 562 g/mol. The van der Waals surface area contributed by atoms with Crippen LogP contribution in [0.15, 0.2) is 76.9 Å². The third-order valence-electron chi connectivity index (χ3n) is 7.46. The Morgan fingerprint density at radius 1 is 0.724 bits per heavy atom. The van der Waals surface area contributed by atoms with Gasteiger partial charge >= 0.3 is 169 Å². The number of hydrogen-bond donors (Lipinski definition) is 0. The number of benzene rings is 1. The van der Waals surface area contributed by atoms with Gasteiger partial charge in [0.2, 0.25) is 0 Å². The Morgan fingerprint density at radius 3 is 1.72 bits per heavy atom. The van der Waals surface area contributed by atoms with Gasteiger partial charge in [0.15, 0.2) is 0 Å². The Bertz CT molecular complexity index is 865. The zero-order chi connectivity index (χ0) is 18.3. The molecule has 0 spiro atoms. The van der Waals surface area contributed by atoms with Gasteiger partial charge in [-0.05, 0) is 0 Å². The van der Waals surface area contributed by atoms with E-state index in [1.54, 1.807) is 11.1 Å². The SMILES string of the molecule is Cl.Cl.[CH3][Hf](=[CH]c1ccccc1)([CH]1C=CC2=C1CCCC2)[CH]1C=CC2=C1CCCC2. The molecule has 0 heterocycles. The summed E-state index contributed by atoms with van der Waals surface area (Å²) in [4.78, 5) is 0. The van der Waals surface area contributed by atoms with Gasteiger partial charge in [-0.1, -0.05) is 0 Å². The molecule has 0 fully saturated rings. The fraction of sp³-hybridized carbons (Fsp3) is 0.423. The normalized spacial score (nSPS) is 26.9. The van der Waals surface area contributed by atoms with Crippen LogP contribution in [0, 0.1) is 0 Å². The van der Waals surface area contributed by atoms with Crippen molar-refractivity contribution < 1.29 is 19.5 Å². The van der Waals surface area contributed by atoms with Gasteiger partial charge in [0.1, 0.15) is 0 Å². The van der Waals surface area contributed by atoms with Gasteiger partial charge in [0, 0.05) is 0 Å². The van der Waals surface area contributed by atoms with E-state index in [4.69, 9.17) is 0 Å². The first-order chi connectivity index (χ1) is 13.3. The number of allylic oxidation sites excluding steroid dienone is 8. The molecule has 29 heavy (non-hydrogen) atoms. The fourth-order valence-electron chi connectivity index (χ4n) is 6.10. The van der Waals surface area contributed by atoms with E-state index in [1.165, 1.54) is 56.9 Å². The molecule has 0 saturated heterocycles. The molecular formula is C26H33Cl2Hf. The third kappa shape index (κ3) is 4.30. The summed E-state index contributed by atoms with van der Waals surface area (Å²) in [5.74, 6) is 0. The number of hydrogen-bond acceptors (Lipinski definition) is 0. The predicted molar refractivity (Wildman–Crippen MR) is 129 cm³/mol. The molecule has 0 amide bonds. The van der Waals surface area contributed by atoms with Crippen LogP contribution in [-0.4, -0.2) is 3.76 Å². The van der Waals surface area contributed by atoms with Crippen molar-refractivity contribution in [1.29, 1.82) is 0 Å². The molecule has 5 rings (SSSR count). The minimum atomic E-state index is -2.88. The second-order valence-electron chi connectivity index (χ2n) is 9.11. The van der Waals surface area contributed by atoms with Crippen molar-refractivity contribution >= 4 is 28.6 Å². The number of rotatable bonds is 3. The zero-order valence-electron chi connectivity index (χ0n) is 17.4. The van der Waals surface area contributed by atoms with E-state index < -0.39 is 19.5 Å². The van der Waals surface area contributed by atoms with Crippen LogP contribution < -0.4 is 0 Å². The second-order valence-corrected chi connectivity index (χ2v) is 24.4. The van der Waals surface area contributed by atoms with Crippen LogP contribution in [0.1, 0.15) is 56.9 Å².